The van der Waals surface area contributed by atoms with Gasteiger partial charge in [0.2, 0.25) is 5.91 Å². The maximum absolute atomic E-state index is 12.4. The number of ether oxygens (including phenoxy) is 1. The molecule has 0 atom stereocenters. The first-order chi connectivity index (χ1) is 12.3. The predicted molar refractivity (Wildman–Crippen MR) is 98.5 cm³/mol. The van der Waals surface area contributed by atoms with Crippen molar-refractivity contribution in [3.05, 3.63) is 55.6 Å². The lowest BCUT2D eigenvalue weighted by Gasteiger charge is -2.36. The summed E-state index contributed by atoms with van der Waals surface area (Å²) in [5.74, 6) is 0.672. The Morgan fingerprint density at radius 1 is 1.19 bits per heavy atom. The number of amides is 1. The molecule has 1 N–H and O–H groups in total. The second kappa shape index (κ2) is 5.86. The van der Waals surface area contributed by atoms with E-state index in [0.717, 1.165) is 36.1 Å². The van der Waals surface area contributed by atoms with Crippen LogP contribution in [0.4, 0.5) is 11.4 Å². The number of nitrogens with zero attached hydrogens (tertiary/aromatic N) is 1. The van der Waals surface area contributed by atoms with Crippen molar-refractivity contribution < 1.29 is 14.5 Å². The highest BCUT2D eigenvalue weighted by Gasteiger charge is 2.51. The fraction of sp³-hybridized carbons (Fsp3) is 0.278. The molecule has 2 aromatic carbocycles. The van der Waals surface area contributed by atoms with Crippen molar-refractivity contribution in [2.24, 2.45) is 0 Å². The monoisotopic (exact) mass is 392 g/mol. The number of benzene rings is 2. The Balaban J connectivity index is 1.74. The van der Waals surface area contributed by atoms with E-state index in [1.807, 2.05) is 13.0 Å². The number of anilines is 1. The minimum Gasteiger partial charge on any atom is -0.454 e. The molecular formula is C18H14Cl2N2O4. The zero-order valence-corrected chi connectivity index (χ0v) is 15.3. The Morgan fingerprint density at radius 3 is 2.38 bits per heavy atom. The second-order valence-electron chi connectivity index (χ2n) is 6.65. The van der Waals surface area contributed by atoms with Crippen molar-refractivity contribution in [2.75, 3.05) is 5.32 Å². The molecule has 1 aliphatic carbocycles. The van der Waals surface area contributed by atoms with Crippen LogP contribution in [0.25, 0.3) is 0 Å². The van der Waals surface area contributed by atoms with Gasteiger partial charge in [-0.2, -0.15) is 0 Å². The van der Waals surface area contributed by atoms with E-state index < -0.39 is 10.3 Å². The lowest BCUT2D eigenvalue weighted by Crippen LogP contribution is -2.40. The quantitative estimate of drug-likeness (QED) is 0.561. The van der Waals surface area contributed by atoms with Crippen LogP contribution in [0.1, 0.15) is 30.4 Å². The molecule has 26 heavy (non-hydrogen) atoms. The van der Waals surface area contributed by atoms with Crippen LogP contribution in [-0.2, 0) is 10.2 Å². The summed E-state index contributed by atoms with van der Waals surface area (Å²) in [6.45, 7) is 1.89. The van der Waals surface area contributed by atoms with Crippen molar-refractivity contribution >= 4 is 40.5 Å². The zero-order valence-electron chi connectivity index (χ0n) is 13.8. The van der Waals surface area contributed by atoms with Crippen LogP contribution in [0, 0.1) is 17.0 Å². The summed E-state index contributed by atoms with van der Waals surface area (Å²) in [5.41, 5.74) is 1.97. The number of hydrogen-bond acceptors (Lipinski definition) is 4. The third kappa shape index (κ3) is 2.44. The number of nitro benzene ring substituents is 1. The van der Waals surface area contributed by atoms with Crippen molar-refractivity contribution in [3.63, 3.8) is 0 Å². The van der Waals surface area contributed by atoms with E-state index in [1.165, 1.54) is 12.1 Å². The van der Waals surface area contributed by atoms with E-state index in [9.17, 15) is 14.9 Å². The molecule has 8 heteroatoms. The molecule has 4 rings (SSSR count). The number of halogens is 2. The second-order valence-corrected chi connectivity index (χ2v) is 7.46. The Hall–Kier alpha value is -2.31. The van der Waals surface area contributed by atoms with Gasteiger partial charge in [-0.15, -0.1) is 0 Å². The number of fused-ring (bicyclic) bond motifs is 2. The van der Waals surface area contributed by atoms with Gasteiger partial charge in [-0.25, -0.2) is 0 Å². The smallest absolute Gasteiger partial charge is 0.272 e. The maximum Gasteiger partial charge on any atom is 0.272 e. The lowest BCUT2D eigenvalue weighted by atomic mass is 9.65. The van der Waals surface area contributed by atoms with Crippen LogP contribution in [0.15, 0.2) is 24.3 Å². The topological polar surface area (TPSA) is 81.5 Å². The summed E-state index contributed by atoms with van der Waals surface area (Å²) in [5, 5.41) is 14.0. The maximum atomic E-state index is 12.4. The molecule has 0 aromatic heterocycles. The van der Waals surface area contributed by atoms with E-state index in [0.29, 0.717) is 5.75 Å². The molecule has 1 fully saturated rings. The van der Waals surface area contributed by atoms with Gasteiger partial charge in [0.1, 0.15) is 5.75 Å². The summed E-state index contributed by atoms with van der Waals surface area (Å²) in [7, 11) is 0. The van der Waals surface area contributed by atoms with Crippen LogP contribution < -0.4 is 10.1 Å². The summed E-state index contributed by atoms with van der Waals surface area (Å²) in [4.78, 5) is 22.7. The van der Waals surface area contributed by atoms with E-state index in [2.05, 4.69) is 5.32 Å². The van der Waals surface area contributed by atoms with Gasteiger partial charge in [0.15, 0.2) is 5.75 Å². The standard InChI is InChI=1S/C18H14Cl2N2O4/c1-9-5-11(8-12-15(9)21-17(23)18(12)3-2-4-18)26-16-13(19)6-10(22(24)25)7-14(16)20/h5-8H,2-4H2,1H3,(H,21,23). The van der Waals surface area contributed by atoms with Crippen LogP contribution in [0.3, 0.4) is 0 Å². The molecule has 134 valence electrons. The predicted octanol–water partition coefficient (Wildman–Crippen LogP) is 5.38. The van der Waals surface area contributed by atoms with Crippen LogP contribution in [0.2, 0.25) is 10.0 Å². The van der Waals surface area contributed by atoms with Crippen LogP contribution >= 0.6 is 23.2 Å². The van der Waals surface area contributed by atoms with Gasteiger partial charge in [-0.1, -0.05) is 29.6 Å². The van der Waals surface area contributed by atoms with Gasteiger partial charge >= 0.3 is 0 Å². The SMILES string of the molecule is Cc1cc(Oc2c(Cl)cc([N+](=O)[O-])cc2Cl)cc2c1NC(=O)C21CCC1. The van der Waals surface area contributed by atoms with Crippen molar-refractivity contribution in [1.82, 2.24) is 0 Å². The highest BCUT2D eigenvalue weighted by Crippen LogP contribution is 2.53. The summed E-state index contributed by atoms with van der Waals surface area (Å²) >= 11 is 12.2. The van der Waals surface area contributed by atoms with Gasteiger partial charge in [0, 0.05) is 17.8 Å². The fourth-order valence-electron chi connectivity index (χ4n) is 3.61. The van der Waals surface area contributed by atoms with E-state index >= 15 is 0 Å². The van der Waals surface area contributed by atoms with E-state index in [-0.39, 0.29) is 27.4 Å². The van der Waals surface area contributed by atoms with Crippen molar-refractivity contribution in [3.8, 4) is 11.5 Å². The highest BCUT2D eigenvalue weighted by atomic mass is 35.5. The zero-order chi connectivity index (χ0) is 18.6. The Kier molecular flexibility index (Phi) is 3.86. The van der Waals surface area contributed by atoms with Gasteiger partial charge in [0.05, 0.1) is 20.4 Å². The first-order valence-electron chi connectivity index (χ1n) is 8.10. The molecule has 2 aliphatic rings. The van der Waals surface area contributed by atoms with Gasteiger partial charge in [-0.3, -0.25) is 14.9 Å². The van der Waals surface area contributed by atoms with Crippen LogP contribution in [-0.4, -0.2) is 10.8 Å². The van der Waals surface area contributed by atoms with Gasteiger partial charge < -0.3 is 10.1 Å². The first kappa shape index (κ1) is 17.1. The third-order valence-corrected chi connectivity index (χ3v) is 5.68. The summed E-state index contributed by atoms with van der Waals surface area (Å²) < 4.78 is 5.85. The number of nitrogens with one attached hydrogen (secondary N) is 1. The number of carbonyl (C=O) groups is 1. The normalized spacial score (nSPS) is 16.8. The van der Waals surface area contributed by atoms with Crippen molar-refractivity contribution in [2.45, 2.75) is 31.6 Å². The first-order valence-corrected chi connectivity index (χ1v) is 8.85. The number of nitro groups is 1. The van der Waals surface area contributed by atoms with Gasteiger partial charge in [-0.05, 0) is 43.0 Å². The molecule has 1 aliphatic heterocycles. The number of aryl methyl sites for hydroxylation is 1. The Labute approximate surface area is 159 Å². The number of carbonyl (C=O) groups excluding carboxylic acids is 1. The summed E-state index contributed by atoms with van der Waals surface area (Å²) in [6, 6.07) is 6.00. The average Bonchev–Trinajstić information content (AvgIpc) is 2.83. The summed E-state index contributed by atoms with van der Waals surface area (Å²) in [6.07, 6.45) is 2.64. The Morgan fingerprint density at radius 2 is 1.85 bits per heavy atom. The molecule has 6 nitrogen and oxygen atoms in total. The molecule has 0 radical (unpaired) electrons. The third-order valence-electron chi connectivity index (χ3n) is 5.12. The molecule has 2 aromatic rings. The minimum atomic E-state index is -0.571. The molecule has 0 unspecified atom stereocenters. The lowest BCUT2D eigenvalue weighted by molar-refractivity contribution is -0.384. The largest absolute Gasteiger partial charge is 0.454 e. The van der Waals surface area contributed by atoms with Crippen molar-refractivity contribution in [1.29, 1.82) is 0 Å². The minimum absolute atomic E-state index is 0.0328. The highest BCUT2D eigenvalue weighted by molar-refractivity contribution is 6.37. The molecule has 0 bridgehead atoms. The molecule has 1 heterocycles. The van der Waals surface area contributed by atoms with Gasteiger partial charge in [0.25, 0.3) is 5.69 Å². The van der Waals surface area contributed by atoms with E-state index in [4.69, 9.17) is 27.9 Å². The number of hydrogen-bond donors (Lipinski definition) is 1. The average molecular weight is 393 g/mol. The Bertz CT molecular complexity index is 947. The number of rotatable bonds is 3. The van der Waals surface area contributed by atoms with Crippen LogP contribution in [0.5, 0.6) is 11.5 Å². The fourth-order valence-corrected chi connectivity index (χ4v) is 4.16. The molecule has 1 saturated carbocycles. The van der Waals surface area contributed by atoms with E-state index in [1.54, 1.807) is 6.07 Å². The molecule has 1 amide bonds. The molecule has 1 spiro atoms. The molecule has 0 saturated heterocycles. The molecular weight excluding hydrogens is 379 g/mol. The number of non-ortho nitro benzene ring substituents is 1.